The summed E-state index contributed by atoms with van der Waals surface area (Å²) in [5.41, 5.74) is -0.542. The minimum absolute atomic E-state index is 0.114. The number of pyridine rings is 1. The quantitative estimate of drug-likeness (QED) is 0.816. The number of hydrogen-bond acceptors (Lipinski definition) is 3. The van der Waals surface area contributed by atoms with Gasteiger partial charge in [-0.05, 0) is 35.0 Å². The van der Waals surface area contributed by atoms with Crippen LogP contribution < -0.4 is 0 Å². The number of nitrogens with zero attached hydrogens (tertiary/aromatic N) is 2. The predicted octanol–water partition coefficient (Wildman–Crippen LogP) is 3.21. The SMILES string of the molecule is CCOC(=O)c1c(C(F)F)nc2c(Br)cccn12. The van der Waals surface area contributed by atoms with Crippen molar-refractivity contribution < 1.29 is 18.3 Å². The summed E-state index contributed by atoms with van der Waals surface area (Å²) in [7, 11) is 0. The van der Waals surface area contributed by atoms with Crippen LogP contribution >= 0.6 is 15.9 Å². The minimum atomic E-state index is -2.84. The van der Waals surface area contributed by atoms with Crippen molar-refractivity contribution in [3.8, 4) is 0 Å². The van der Waals surface area contributed by atoms with Crippen LogP contribution in [0, 0.1) is 0 Å². The fraction of sp³-hybridized carbons (Fsp3) is 0.273. The summed E-state index contributed by atoms with van der Waals surface area (Å²) < 4.78 is 32.4. The summed E-state index contributed by atoms with van der Waals surface area (Å²) in [6.45, 7) is 1.72. The van der Waals surface area contributed by atoms with Crippen molar-refractivity contribution in [1.29, 1.82) is 0 Å². The molecule has 0 saturated heterocycles. The Bertz CT molecular complexity index is 598. The zero-order valence-corrected chi connectivity index (χ0v) is 10.9. The lowest BCUT2D eigenvalue weighted by Gasteiger charge is -2.04. The number of hydrogen-bond donors (Lipinski definition) is 0. The number of halogens is 3. The molecule has 0 bridgehead atoms. The Labute approximate surface area is 110 Å². The van der Waals surface area contributed by atoms with Gasteiger partial charge in [0.25, 0.3) is 6.43 Å². The lowest BCUT2D eigenvalue weighted by Crippen LogP contribution is -2.10. The molecular formula is C11H9BrF2N2O2. The molecule has 0 aliphatic carbocycles. The fourth-order valence-electron chi connectivity index (χ4n) is 1.61. The van der Waals surface area contributed by atoms with Crippen LogP contribution in [-0.4, -0.2) is 22.0 Å². The van der Waals surface area contributed by atoms with Gasteiger partial charge in [-0.1, -0.05) is 0 Å². The van der Waals surface area contributed by atoms with Gasteiger partial charge in [0.05, 0.1) is 11.1 Å². The van der Waals surface area contributed by atoms with Crippen molar-refractivity contribution in [3.05, 3.63) is 34.2 Å². The zero-order valence-electron chi connectivity index (χ0n) is 9.36. The van der Waals surface area contributed by atoms with Crippen LogP contribution in [0.4, 0.5) is 8.78 Å². The van der Waals surface area contributed by atoms with Crippen LogP contribution in [0.2, 0.25) is 0 Å². The van der Waals surface area contributed by atoms with E-state index in [4.69, 9.17) is 4.74 Å². The van der Waals surface area contributed by atoms with Crippen LogP contribution in [0.15, 0.2) is 22.8 Å². The minimum Gasteiger partial charge on any atom is -0.461 e. The number of aromatic nitrogens is 2. The Morgan fingerprint density at radius 1 is 1.61 bits per heavy atom. The van der Waals surface area contributed by atoms with Crippen LogP contribution in [0.5, 0.6) is 0 Å². The van der Waals surface area contributed by atoms with Gasteiger partial charge in [-0.3, -0.25) is 4.40 Å². The molecule has 7 heteroatoms. The molecule has 0 atom stereocenters. The first kappa shape index (κ1) is 12.9. The Balaban J connectivity index is 2.71. The predicted molar refractivity (Wildman–Crippen MR) is 63.8 cm³/mol. The Morgan fingerprint density at radius 3 is 2.94 bits per heavy atom. The van der Waals surface area contributed by atoms with E-state index in [-0.39, 0.29) is 17.9 Å². The second-order valence-corrected chi connectivity index (χ2v) is 4.27. The van der Waals surface area contributed by atoms with E-state index >= 15 is 0 Å². The molecule has 0 amide bonds. The molecular weight excluding hydrogens is 310 g/mol. The number of alkyl halides is 2. The molecule has 0 radical (unpaired) electrons. The van der Waals surface area contributed by atoms with Gasteiger partial charge < -0.3 is 4.74 Å². The summed E-state index contributed by atoms with van der Waals surface area (Å²) in [5, 5.41) is 0. The molecule has 0 saturated carbocycles. The summed E-state index contributed by atoms with van der Waals surface area (Å²) in [6.07, 6.45) is -1.35. The van der Waals surface area contributed by atoms with E-state index in [1.165, 1.54) is 10.6 Å². The third-order valence-electron chi connectivity index (χ3n) is 2.30. The van der Waals surface area contributed by atoms with Crippen molar-refractivity contribution in [2.75, 3.05) is 6.61 Å². The largest absolute Gasteiger partial charge is 0.461 e. The average molecular weight is 319 g/mol. The Morgan fingerprint density at radius 2 is 2.33 bits per heavy atom. The molecule has 0 unspecified atom stereocenters. The number of rotatable bonds is 3. The van der Waals surface area contributed by atoms with Crippen LogP contribution in [-0.2, 0) is 4.74 Å². The molecule has 0 aliphatic heterocycles. The second kappa shape index (κ2) is 5.01. The average Bonchev–Trinajstić information content (AvgIpc) is 2.70. The third kappa shape index (κ3) is 2.10. The van der Waals surface area contributed by atoms with Crippen LogP contribution in [0.25, 0.3) is 5.65 Å². The van der Waals surface area contributed by atoms with Crippen molar-refractivity contribution in [3.63, 3.8) is 0 Å². The standard InChI is InChI=1S/C11H9BrF2N2O2/c1-2-18-11(17)8-7(9(13)14)15-10-6(12)4-3-5-16(8)10/h3-5,9H,2H2,1H3. The number of carbonyl (C=O) groups is 1. The van der Waals surface area contributed by atoms with E-state index in [1.807, 2.05) is 0 Å². The van der Waals surface area contributed by atoms with E-state index in [0.717, 1.165) is 0 Å². The van der Waals surface area contributed by atoms with Gasteiger partial charge in [0, 0.05) is 6.20 Å². The van der Waals surface area contributed by atoms with Gasteiger partial charge in [-0.25, -0.2) is 18.6 Å². The van der Waals surface area contributed by atoms with E-state index in [9.17, 15) is 13.6 Å². The highest BCUT2D eigenvalue weighted by Gasteiger charge is 2.26. The molecule has 2 rings (SSSR count). The number of fused-ring (bicyclic) bond motifs is 1. The van der Waals surface area contributed by atoms with Gasteiger partial charge in [-0.15, -0.1) is 0 Å². The summed E-state index contributed by atoms with van der Waals surface area (Å²) in [6, 6.07) is 3.28. The fourth-order valence-corrected chi connectivity index (χ4v) is 2.04. The van der Waals surface area contributed by atoms with Gasteiger partial charge in [-0.2, -0.15) is 0 Å². The smallest absolute Gasteiger partial charge is 0.357 e. The van der Waals surface area contributed by atoms with E-state index in [0.29, 0.717) is 4.47 Å². The number of esters is 1. The zero-order chi connectivity index (χ0) is 13.3. The van der Waals surface area contributed by atoms with E-state index in [2.05, 4.69) is 20.9 Å². The molecule has 2 aromatic heterocycles. The van der Waals surface area contributed by atoms with Gasteiger partial charge >= 0.3 is 5.97 Å². The normalized spacial score (nSPS) is 11.2. The Hall–Kier alpha value is -1.50. The second-order valence-electron chi connectivity index (χ2n) is 3.42. The van der Waals surface area contributed by atoms with Crippen molar-refractivity contribution in [2.45, 2.75) is 13.3 Å². The van der Waals surface area contributed by atoms with E-state index in [1.54, 1.807) is 19.1 Å². The number of ether oxygens (including phenoxy) is 1. The van der Waals surface area contributed by atoms with Gasteiger partial charge in [0.15, 0.2) is 11.3 Å². The molecule has 0 N–H and O–H groups in total. The van der Waals surface area contributed by atoms with Crippen LogP contribution in [0.3, 0.4) is 0 Å². The maximum atomic E-state index is 12.9. The first-order valence-electron chi connectivity index (χ1n) is 5.18. The Kier molecular flexibility index (Phi) is 3.60. The maximum Gasteiger partial charge on any atom is 0.357 e. The summed E-state index contributed by atoms with van der Waals surface area (Å²) in [4.78, 5) is 15.5. The molecule has 0 aliphatic rings. The lowest BCUT2D eigenvalue weighted by atomic mass is 10.3. The van der Waals surface area contributed by atoms with Crippen molar-refractivity contribution in [2.24, 2.45) is 0 Å². The van der Waals surface area contributed by atoms with Crippen LogP contribution in [0.1, 0.15) is 29.5 Å². The molecule has 0 aromatic carbocycles. The highest BCUT2D eigenvalue weighted by atomic mass is 79.9. The monoisotopic (exact) mass is 318 g/mol. The van der Waals surface area contributed by atoms with E-state index < -0.39 is 18.1 Å². The topological polar surface area (TPSA) is 43.6 Å². The van der Waals surface area contributed by atoms with Gasteiger partial charge in [0.2, 0.25) is 0 Å². The molecule has 18 heavy (non-hydrogen) atoms. The molecule has 4 nitrogen and oxygen atoms in total. The summed E-state index contributed by atoms with van der Waals surface area (Å²) in [5.74, 6) is -0.807. The molecule has 2 heterocycles. The number of carbonyl (C=O) groups excluding carboxylic acids is 1. The molecule has 96 valence electrons. The first-order chi connectivity index (χ1) is 8.56. The van der Waals surface area contributed by atoms with Crippen molar-refractivity contribution >= 4 is 27.5 Å². The molecule has 0 fully saturated rings. The highest BCUT2D eigenvalue weighted by Crippen LogP contribution is 2.27. The highest BCUT2D eigenvalue weighted by molar-refractivity contribution is 9.10. The van der Waals surface area contributed by atoms with Crippen molar-refractivity contribution in [1.82, 2.24) is 9.38 Å². The third-order valence-corrected chi connectivity index (χ3v) is 2.92. The first-order valence-corrected chi connectivity index (χ1v) is 5.97. The van der Waals surface area contributed by atoms with Gasteiger partial charge in [0.1, 0.15) is 5.69 Å². The number of imidazole rings is 1. The molecule has 0 spiro atoms. The molecule has 2 aromatic rings. The summed E-state index contributed by atoms with van der Waals surface area (Å²) >= 11 is 3.20. The lowest BCUT2D eigenvalue weighted by molar-refractivity contribution is 0.0506. The maximum absolute atomic E-state index is 12.9.